The molecular weight excluding hydrogens is 419 g/mol. The van der Waals surface area contributed by atoms with Gasteiger partial charge in [0.15, 0.2) is 5.96 Å². The van der Waals surface area contributed by atoms with Crippen molar-refractivity contribution in [3.63, 3.8) is 0 Å². The SMILES string of the molecule is CN(C)C(=NCC1(C)CCN(C(=O)OC(C)(C)C)CC1)N(C)C.I. The number of ether oxygens (including phenoxy) is 1. The summed E-state index contributed by atoms with van der Waals surface area (Å²) in [5, 5.41) is 0. The number of amides is 1. The first-order valence-electron chi connectivity index (χ1n) is 8.30. The number of carbonyl (C=O) groups excluding carboxylic acids is 1. The van der Waals surface area contributed by atoms with Crippen LogP contribution in [0.4, 0.5) is 4.79 Å². The highest BCUT2D eigenvalue weighted by molar-refractivity contribution is 14.0. The lowest BCUT2D eigenvalue weighted by Crippen LogP contribution is -2.45. The molecule has 0 unspecified atom stereocenters. The Balaban J connectivity index is 0.00000529. The predicted octanol–water partition coefficient (Wildman–Crippen LogP) is 3.12. The van der Waals surface area contributed by atoms with E-state index in [4.69, 9.17) is 9.73 Å². The van der Waals surface area contributed by atoms with Crippen molar-refractivity contribution in [1.29, 1.82) is 0 Å². The van der Waals surface area contributed by atoms with E-state index >= 15 is 0 Å². The smallest absolute Gasteiger partial charge is 0.410 e. The number of rotatable bonds is 2. The molecule has 1 saturated heterocycles. The molecule has 1 heterocycles. The Morgan fingerprint density at radius 2 is 1.58 bits per heavy atom. The molecule has 142 valence electrons. The standard InChI is InChI=1S/C17H34N4O2.HI/c1-16(2,3)23-15(22)21-11-9-17(4,10-12-21)13-18-14(19(5)6)20(7)8;/h9-13H2,1-8H3;1H. The summed E-state index contributed by atoms with van der Waals surface area (Å²) in [6.07, 6.45) is 1.69. The molecule has 0 spiro atoms. The van der Waals surface area contributed by atoms with Gasteiger partial charge in [0.2, 0.25) is 0 Å². The van der Waals surface area contributed by atoms with Crippen molar-refractivity contribution in [2.75, 3.05) is 47.8 Å². The van der Waals surface area contributed by atoms with Crippen LogP contribution in [0, 0.1) is 5.41 Å². The van der Waals surface area contributed by atoms with Crippen LogP contribution in [-0.4, -0.2) is 80.2 Å². The second kappa shape index (κ2) is 9.10. The van der Waals surface area contributed by atoms with Crippen molar-refractivity contribution in [2.45, 2.75) is 46.1 Å². The van der Waals surface area contributed by atoms with E-state index in [1.807, 2.05) is 63.7 Å². The first-order valence-corrected chi connectivity index (χ1v) is 8.30. The lowest BCUT2D eigenvalue weighted by atomic mass is 9.80. The minimum atomic E-state index is -0.436. The van der Waals surface area contributed by atoms with E-state index in [0.29, 0.717) is 0 Å². The molecule has 1 amide bonds. The summed E-state index contributed by atoms with van der Waals surface area (Å²) >= 11 is 0. The van der Waals surface area contributed by atoms with Gasteiger partial charge in [-0.3, -0.25) is 4.99 Å². The summed E-state index contributed by atoms with van der Waals surface area (Å²) in [5.74, 6) is 0.973. The molecule has 1 rings (SSSR count). The van der Waals surface area contributed by atoms with Crippen LogP contribution in [0.15, 0.2) is 4.99 Å². The van der Waals surface area contributed by atoms with E-state index in [0.717, 1.165) is 38.4 Å². The fraction of sp³-hybridized carbons (Fsp3) is 0.882. The monoisotopic (exact) mass is 454 g/mol. The summed E-state index contributed by atoms with van der Waals surface area (Å²) in [7, 11) is 8.02. The first kappa shape index (κ1) is 23.3. The van der Waals surface area contributed by atoms with Gasteiger partial charge in [0.05, 0.1) is 0 Å². The van der Waals surface area contributed by atoms with Gasteiger partial charge < -0.3 is 19.4 Å². The number of halogens is 1. The maximum Gasteiger partial charge on any atom is 0.410 e. The summed E-state index contributed by atoms with van der Waals surface area (Å²) in [4.78, 5) is 22.8. The third-order valence-corrected chi connectivity index (χ3v) is 4.02. The Bertz CT molecular complexity index is 426. The van der Waals surface area contributed by atoms with E-state index < -0.39 is 5.60 Å². The average molecular weight is 454 g/mol. The number of hydrogen-bond acceptors (Lipinski definition) is 3. The number of piperidine rings is 1. The van der Waals surface area contributed by atoms with Crippen LogP contribution >= 0.6 is 24.0 Å². The fourth-order valence-electron chi connectivity index (χ4n) is 2.66. The van der Waals surface area contributed by atoms with Crippen molar-refractivity contribution < 1.29 is 9.53 Å². The quantitative estimate of drug-likeness (QED) is 0.366. The zero-order valence-electron chi connectivity index (χ0n) is 16.5. The molecule has 6 nitrogen and oxygen atoms in total. The predicted molar refractivity (Wildman–Crippen MR) is 110 cm³/mol. The lowest BCUT2D eigenvalue weighted by molar-refractivity contribution is 0.0127. The molecule has 1 fully saturated rings. The number of hydrogen-bond donors (Lipinski definition) is 0. The maximum absolute atomic E-state index is 12.1. The largest absolute Gasteiger partial charge is 0.444 e. The molecule has 0 aromatic heterocycles. The van der Waals surface area contributed by atoms with E-state index in [2.05, 4.69) is 6.92 Å². The summed E-state index contributed by atoms with van der Waals surface area (Å²) in [6.45, 7) is 10.2. The van der Waals surface area contributed by atoms with E-state index in [9.17, 15) is 4.79 Å². The molecule has 0 N–H and O–H groups in total. The highest BCUT2D eigenvalue weighted by atomic mass is 127. The van der Waals surface area contributed by atoms with Gasteiger partial charge in [-0.25, -0.2) is 4.79 Å². The molecule has 1 aliphatic rings. The third-order valence-electron chi connectivity index (χ3n) is 4.02. The lowest BCUT2D eigenvalue weighted by Gasteiger charge is -2.39. The highest BCUT2D eigenvalue weighted by Gasteiger charge is 2.33. The van der Waals surface area contributed by atoms with Gasteiger partial charge in [-0.15, -0.1) is 24.0 Å². The van der Waals surface area contributed by atoms with Crippen LogP contribution < -0.4 is 0 Å². The Morgan fingerprint density at radius 1 is 1.12 bits per heavy atom. The Kier molecular flexibility index (Phi) is 8.83. The Morgan fingerprint density at radius 3 is 1.96 bits per heavy atom. The molecule has 0 atom stereocenters. The Labute approximate surface area is 164 Å². The number of guanidine groups is 1. The first-order chi connectivity index (χ1) is 10.4. The van der Waals surface area contributed by atoms with Crippen molar-refractivity contribution >= 4 is 36.0 Å². The molecule has 0 saturated carbocycles. The molecule has 0 aliphatic carbocycles. The van der Waals surface area contributed by atoms with Crippen LogP contribution in [0.1, 0.15) is 40.5 Å². The molecule has 0 aromatic carbocycles. The topological polar surface area (TPSA) is 48.4 Å². The van der Waals surface area contributed by atoms with Crippen molar-refractivity contribution in [1.82, 2.24) is 14.7 Å². The van der Waals surface area contributed by atoms with Gasteiger partial charge in [-0.2, -0.15) is 0 Å². The molecular formula is C17H35IN4O2. The molecule has 1 aliphatic heterocycles. The fourth-order valence-corrected chi connectivity index (χ4v) is 2.66. The van der Waals surface area contributed by atoms with Gasteiger partial charge in [-0.05, 0) is 39.0 Å². The van der Waals surface area contributed by atoms with E-state index in [1.165, 1.54) is 0 Å². The summed E-state index contributed by atoms with van der Waals surface area (Å²) in [5.41, 5.74) is -0.301. The van der Waals surface area contributed by atoms with E-state index in [-0.39, 0.29) is 35.5 Å². The van der Waals surface area contributed by atoms with Crippen molar-refractivity contribution in [3.05, 3.63) is 0 Å². The number of nitrogens with zero attached hydrogens (tertiary/aromatic N) is 4. The molecule has 24 heavy (non-hydrogen) atoms. The van der Waals surface area contributed by atoms with Crippen LogP contribution in [0.5, 0.6) is 0 Å². The zero-order valence-corrected chi connectivity index (χ0v) is 18.9. The van der Waals surface area contributed by atoms with Crippen LogP contribution in [0.3, 0.4) is 0 Å². The number of carbonyl (C=O) groups is 1. The summed E-state index contributed by atoms with van der Waals surface area (Å²) in [6, 6.07) is 0. The van der Waals surface area contributed by atoms with Gasteiger partial charge in [-0.1, -0.05) is 6.92 Å². The molecule has 0 aromatic rings. The highest BCUT2D eigenvalue weighted by Crippen LogP contribution is 2.32. The van der Waals surface area contributed by atoms with Crippen molar-refractivity contribution in [2.24, 2.45) is 10.4 Å². The average Bonchev–Trinajstić information content (AvgIpc) is 2.36. The molecule has 0 bridgehead atoms. The summed E-state index contributed by atoms with van der Waals surface area (Å²) < 4.78 is 5.45. The van der Waals surface area contributed by atoms with Crippen LogP contribution in [0.25, 0.3) is 0 Å². The van der Waals surface area contributed by atoms with E-state index in [1.54, 1.807) is 0 Å². The van der Waals surface area contributed by atoms with Crippen LogP contribution in [-0.2, 0) is 4.74 Å². The van der Waals surface area contributed by atoms with Gasteiger partial charge in [0.25, 0.3) is 0 Å². The minimum absolute atomic E-state index is 0. The molecule has 0 radical (unpaired) electrons. The third kappa shape index (κ3) is 7.44. The van der Waals surface area contributed by atoms with Crippen molar-refractivity contribution in [3.8, 4) is 0 Å². The molecule has 7 heteroatoms. The second-order valence-electron chi connectivity index (χ2n) is 8.18. The van der Waals surface area contributed by atoms with Crippen LogP contribution in [0.2, 0.25) is 0 Å². The number of likely N-dealkylation sites (tertiary alicyclic amines) is 1. The second-order valence-corrected chi connectivity index (χ2v) is 8.18. The van der Waals surface area contributed by atoms with Gasteiger partial charge in [0.1, 0.15) is 5.60 Å². The Hall–Kier alpha value is -0.730. The number of aliphatic imine (C=N–C) groups is 1. The van der Waals surface area contributed by atoms with Gasteiger partial charge in [0, 0.05) is 47.8 Å². The van der Waals surface area contributed by atoms with Gasteiger partial charge >= 0.3 is 6.09 Å². The minimum Gasteiger partial charge on any atom is -0.444 e. The normalized spacial score (nSPS) is 16.8. The maximum atomic E-state index is 12.1. The zero-order chi connectivity index (χ0) is 17.8.